The van der Waals surface area contributed by atoms with Crippen molar-refractivity contribution in [3.8, 4) is 0 Å². The van der Waals surface area contributed by atoms with E-state index in [1.165, 1.54) is 5.56 Å². The number of hydrogen-bond donors (Lipinski definition) is 1. The minimum Gasteiger partial charge on any atom is -0.384 e. The van der Waals surface area contributed by atoms with E-state index in [0.717, 1.165) is 11.1 Å². The molecular formula is C13H16N2. The molecule has 0 amide bonds. The van der Waals surface area contributed by atoms with Crippen molar-refractivity contribution in [3.63, 3.8) is 0 Å². The lowest BCUT2D eigenvalue weighted by Gasteiger charge is -2.03. The molecule has 0 radical (unpaired) electrons. The summed E-state index contributed by atoms with van der Waals surface area (Å²) < 4.78 is 0. The van der Waals surface area contributed by atoms with E-state index in [0.29, 0.717) is 5.84 Å². The first-order chi connectivity index (χ1) is 7.19. The first-order valence-corrected chi connectivity index (χ1v) is 4.81. The maximum absolute atomic E-state index is 5.74. The number of nitrogens with zero attached hydrogens (tertiary/aromatic N) is 1. The molecule has 0 saturated heterocycles. The number of rotatable bonds is 3. The molecular weight excluding hydrogens is 184 g/mol. The number of benzene rings is 1. The Hall–Kier alpha value is -1.83. The quantitative estimate of drug-likeness (QED) is 0.454. The third kappa shape index (κ3) is 2.81. The van der Waals surface area contributed by atoms with E-state index in [1.807, 2.05) is 24.3 Å². The molecule has 0 aromatic heterocycles. The molecule has 1 aromatic carbocycles. The molecule has 0 saturated carbocycles. The summed E-state index contributed by atoms with van der Waals surface area (Å²) in [5.74, 6) is 0.508. The molecule has 0 aliphatic carbocycles. The molecule has 1 rings (SSSR count). The molecule has 0 aliphatic rings. The predicted molar refractivity (Wildman–Crippen MR) is 66.9 cm³/mol. The summed E-state index contributed by atoms with van der Waals surface area (Å²) in [6.07, 6.45) is 3.71. The first kappa shape index (κ1) is 11.2. The van der Waals surface area contributed by atoms with Crippen LogP contribution in [0.2, 0.25) is 0 Å². The zero-order chi connectivity index (χ0) is 11.3. The van der Waals surface area contributed by atoms with Gasteiger partial charge in [-0.3, -0.25) is 4.99 Å². The van der Waals surface area contributed by atoms with E-state index in [1.54, 1.807) is 13.1 Å². The van der Waals surface area contributed by atoms with Crippen molar-refractivity contribution in [2.75, 3.05) is 7.05 Å². The Kier molecular flexibility index (Phi) is 3.86. The minimum atomic E-state index is 0.508. The maximum Gasteiger partial charge on any atom is 0.125 e. The van der Waals surface area contributed by atoms with E-state index in [2.05, 4.69) is 24.6 Å². The Labute approximate surface area is 90.8 Å². The van der Waals surface area contributed by atoms with Crippen LogP contribution in [0.5, 0.6) is 0 Å². The van der Waals surface area contributed by atoms with Gasteiger partial charge >= 0.3 is 0 Å². The van der Waals surface area contributed by atoms with Gasteiger partial charge in [0.2, 0.25) is 0 Å². The summed E-state index contributed by atoms with van der Waals surface area (Å²) in [6.45, 7) is 5.79. The highest BCUT2D eigenvalue weighted by Gasteiger charge is 1.99. The molecule has 0 bridgehead atoms. The van der Waals surface area contributed by atoms with Gasteiger partial charge in [-0.25, -0.2) is 0 Å². The van der Waals surface area contributed by atoms with Crippen LogP contribution in [0.3, 0.4) is 0 Å². The van der Waals surface area contributed by atoms with Gasteiger partial charge in [-0.2, -0.15) is 0 Å². The van der Waals surface area contributed by atoms with E-state index < -0.39 is 0 Å². The zero-order valence-corrected chi connectivity index (χ0v) is 9.20. The summed E-state index contributed by atoms with van der Waals surface area (Å²) in [4.78, 5) is 3.94. The normalized spacial score (nSPS) is 12.7. The fourth-order valence-corrected chi connectivity index (χ4v) is 1.28. The van der Waals surface area contributed by atoms with Crippen LogP contribution in [0.25, 0.3) is 6.08 Å². The highest BCUT2D eigenvalue weighted by molar-refractivity contribution is 6.03. The average molecular weight is 200 g/mol. The van der Waals surface area contributed by atoms with E-state index >= 15 is 0 Å². The van der Waals surface area contributed by atoms with E-state index in [4.69, 9.17) is 5.73 Å². The summed E-state index contributed by atoms with van der Waals surface area (Å²) in [7, 11) is 1.67. The van der Waals surface area contributed by atoms with Crippen LogP contribution in [-0.2, 0) is 0 Å². The van der Waals surface area contributed by atoms with Crippen molar-refractivity contribution in [3.05, 3.63) is 53.6 Å². The van der Waals surface area contributed by atoms with Crippen molar-refractivity contribution in [2.24, 2.45) is 10.7 Å². The molecule has 0 heterocycles. The van der Waals surface area contributed by atoms with Gasteiger partial charge in [-0.1, -0.05) is 36.9 Å². The van der Waals surface area contributed by atoms with Gasteiger partial charge < -0.3 is 5.73 Å². The molecule has 2 nitrogen and oxygen atoms in total. The molecule has 0 aliphatic heterocycles. The minimum absolute atomic E-state index is 0.508. The van der Waals surface area contributed by atoms with Gasteiger partial charge in [0.25, 0.3) is 0 Å². The Bertz CT molecular complexity index is 414. The fraction of sp³-hybridized carbons (Fsp3) is 0.154. The van der Waals surface area contributed by atoms with Crippen molar-refractivity contribution < 1.29 is 0 Å². The number of amidine groups is 1. The van der Waals surface area contributed by atoms with Crippen LogP contribution in [0, 0.1) is 6.92 Å². The lowest BCUT2D eigenvalue weighted by Crippen LogP contribution is -2.13. The van der Waals surface area contributed by atoms with Gasteiger partial charge in [0, 0.05) is 12.6 Å². The van der Waals surface area contributed by atoms with E-state index in [-0.39, 0.29) is 0 Å². The summed E-state index contributed by atoms with van der Waals surface area (Å²) in [5.41, 5.74) is 8.94. The first-order valence-electron chi connectivity index (χ1n) is 4.81. The van der Waals surface area contributed by atoms with Crippen LogP contribution in [0.1, 0.15) is 11.1 Å². The maximum atomic E-state index is 5.74. The van der Waals surface area contributed by atoms with Crippen molar-refractivity contribution in [1.29, 1.82) is 0 Å². The van der Waals surface area contributed by atoms with Crippen LogP contribution >= 0.6 is 0 Å². The molecule has 1 aromatic rings. The standard InChI is InChI=1S/C13H16N2/c1-4-11(13(14)15-3)9-12-8-6-5-7-10(12)2/h4-9H,1H2,2-3H3,(H2,14,15)/b11-9+. The van der Waals surface area contributed by atoms with Gasteiger partial charge in [-0.15, -0.1) is 0 Å². The summed E-state index contributed by atoms with van der Waals surface area (Å²) in [5, 5.41) is 0. The molecule has 0 unspecified atom stereocenters. The third-order valence-electron chi connectivity index (χ3n) is 2.26. The smallest absolute Gasteiger partial charge is 0.125 e. The Morgan fingerprint density at radius 3 is 2.60 bits per heavy atom. The second kappa shape index (κ2) is 5.15. The van der Waals surface area contributed by atoms with Crippen molar-refractivity contribution in [2.45, 2.75) is 6.92 Å². The van der Waals surface area contributed by atoms with Gasteiger partial charge in [-0.05, 0) is 24.1 Å². The Morgan fingerprint density at radius 1 is 1.40 bits per heavy atom. The molecule has 15 heavy (non-hydrogen) atoms. The van der Waals surface area contributed by atoms with Crippen LogP contribution < -0.4 is 5.73 Å². The molecule has 2 heteroatoms. The topological polar surface area (TPSA) is 38.4 Å². The average Bonchev–Trinajstić information content (AvgIpc) is 2.27. The molecule has 0 fully saturated rings. The van der Waals surface area contributed by atoms with Crippen molar-refractivity contribution >= 4 is 11.9 Å². The molecule has 0 spiro atoms. The highest BCUT2D eigenvalue weighted by Crippen LogP contribution is 2.12. The molecule has 2 N–H and O–H groups in total. The number of nitrogens with two attached hydrogens (primary N) is 1. The van der Waals surface area contributed by atoms with Crippen LogP contribution in [0.15, 0.2) is 47.5 Å². The Morgan fingerprint density at radius 2 is 2.07 bits per heavy atom. The summed E-state index contributed by atoms with van der Waals surface area (Å²) >= 11 is 0. The van der Waals surface area contributed by atoms with Gasteiger partial charge in [0.1, 0.15) is 5.84 Å². The molecule has 78 valence electrons. The Balaban J connectivity index is 3.15. The van der Waals surface area contributed by atoms with Crippen molar-refractivity contribution in [1.82, 2.24) is 0 Å². The zero-order valence-electron chi connectivity index (χ0n) is 9.20. The summed E-state index contributed by atoms with van der Waals surface area (Å²) in [6, 6.07) is 8.12. The SMILES string of the molecule is C=C/C(=C\c1ccccc1C)C(N)=NC. The number of aryl methyl sites for hydroxylation is 1. The second-order valence-corrected chi connectivity index (χ2v) is 3.27. The highest BCUT2D eigenvalue weighted by atomic mass is 14.8. The van der Waals surface area contributed by atoms with Crippen LogP contribution in [-0.4, -0.2) is 12.9 Å². The van der Waals surface area contributed by atoms with Crippen LogP contribution in [0.4, 0.5) is 0 Å². The largest absolute Gasteiger partial charge is 0.384 e. The van der Waals surface area contributed by atoms with Gasteiger partial charge in [0.05, 0.1) is 0 Å². The second-order valence-electron chi connectivity index (χ2n) is 3.27. The van der Waals surface area contributed by atoms with E-state index in [9.17, 15) is 0 Å². The molecule has 0 atom stereocenters. The predicted octanol–water partition coefficient (Wildman–Crippen LogP) is 2.55. The fourth-order valence-electron chi connectivity index (χ4n) is 1.28. The monoisotopic (exact) mass is 200 g/mol. The lowest BCUT2D eigenvalue weighted by molar-refractivity contribution is 1.39. The lowest BCUT2D eigenvalue weighted by atomic mass is 10.1. The van der Waals surface area contributed by atoms with Gasteiger partial charge in [0.15, 0.2) is 0 Å². The third-order valence-corrected chi connectivity index (χ3v) is 2.26. The number of aliphatic imine (C=N–C) groups is 1. The number of hydrogen-bond acceptors (Lipinski definition) is 1.